The summed E-state index contributed by atoms with van der Waals surface area (Å²) in [6.07, 6.45) is 1.34. The number of esters is 2. The number of rotatable bonds is 5. The van der Waals surface area contributed by atoms with Crippen molar-refractivity contribution >= 4 is 18.0 Å². The predicted octanol–water partition coefficient (Wildman–Crippen LogP) is 3.63. The first kappa shape index (κ1) is 19.4. The Balaban J connectivity index is 1.92. The van der Waals surface area contributed by atoms with Crippen LogP contribution in [0.5, 0.6) is 11.5 Å². The highest BCUT2D eigenvalue weighted by Crippen LogP contribution is 2.34. The zero-order valence-corrected chi connectivity index (χ0v) is 15.7. The van der Waals surface area contributed by atoms with Gasteiger partial charge in [0.25, 0.3) is 5.79 Å². The normalized spacial score (nSPS) is 15.5. The van der Waals surface area contributed by atoms with E-state index in [0.29, 0.717) is 17.1 Å². The lowest BCUT2D eigenvalue weighted by Gasteiger charge is -2.29. The predicted molar refractivity (Wildman–Crippen MR) is 98.0 cm³/mol. The average molecular weight is 386 g/mol. The van der Waals surface area contributed by atoms with Gasteiger partial charge >= 0.3 is 11.9 Å². The molecule has 3 rings (SSSR count). The van der Waals surface area contributed by atoms with Crippen molar-refractivity contribution < 1.29 is 32.9 Å². The third-order valence-corrected chi connectivity index (χ3v) is 3.94. The van der Waals surface area contributed by atoms with E-state index in [9.17, 15) is 14.0 Å². The molecule has 0 spiro atoms. The second-order valence-corrected chi connectivity index (χ2v) is 6.53. The summed E-state index contributed by atoms with van der Waals surface area (Å²) in [5.41, 5.74) is 0.924. The van der Waals surface area contributed by atoms with Crippen molar-refractivity contribution in [1.82, 2.24) is 0 Å². The van der Waals surface area contributed by atoms with E-state index in [0.717, 1.165) is 5.56 Å². The second-order valence-electron chi connectivity index (χ2n) is 6.53. The molecule has 0 amide bonds. The molecular formula is C21H19FO6. The lowest BCUT2D eigenvalue weighted by atomic mass is 10.1. The van der Waals surface area contributed by atoms with Crippen LogP contribution in [-0.4, -0.2) is 24.8 Å². The van der Waals surface area contributed by atoms with Crippen LogP contribution in [0.1, 0.15) is 25.0 Å². The van der Waals surface area contributed by atoms with E-state index in [2.05, 4.69) is 0 Å². The number of methoxy groups -OCH3 is 1. The highest BCUT2D eigenvalue weighted by atomic mass is 19.1. The molecule has 1 saturated heterocycles. The van der Waals surface area contributed by atoms with Crippen molar-refractivity contribution in [2.24, 2.45) is 0 Å². The summed E-state index contributed by atoms with van der Waals surface area (Å²) in [6, 6.07) is 10.9. The Labute approximate surface area is 161 Å². The Kier molecular flexibility index (Phi) is 5.35. The van der Waals surface area contributed by atoms with Crippen LogP contribution in [0, 0.1) is 5.82 Å². The highest BCUT2D eigenvalue weighted by Gasteiger charge is 2.39. The molecule has 28 heavy (non-hydrogen) atoms. The lowest BCUT2D eigenvalue weighted by Crippen LogP contribution is -2.41. The second kappa shape index (κ2) is 7.72. The molecule has 0 saturated carbocycles. The molecule has 0 unspecified atom stereocenters. The zero-order chi connectivity index (χ0) is 20.3. The molecule has 0 bridgehead atoms. The third-order valence-electron chi connectivity index (χ3n) is 3.94. The minimum absolute atomic E-state index is 0.138. The van der Waals surface area contributed by atoms with Gasteiger partial charge in [-0.15, -0.1) is 0 Å². The van der Waals surface area contributed by atoms with E-state index in [4.69, 9.17) is 18.9 Å². The largest absolute Gasteiger partial charge is 0.493 e. The van der Waals surface area contributed by atoms with Crippen LogP contribution >= 0.6 is 0 Å². The number of hydrogen-bond acceptors (Lipinski definition) is 6. The fourth-order valence-corrected chi connectivity index (χ4v) is 2.63. The molecule has 1 aliphatic rings. The van der Waals surface area contributed by atoms with E-state index in [1.54, 1.807) is 30.3 Å². The number of halogens is 1. The molecule has 146 valence electrons. The van der Waals surface area contributed by atoms with Crippen molar-refractivity contribution in [3.05, 3.63) is 65.0 Å². The standard InChI is InChI=1S/C21H19FO6/c1-21(2)27-19(23)16(20(24)28-21)11-14-5-4-6-17(25-3)18(14)26-12-13-7-9-15(22)10-8-13/h4-11H,12H2,1-3H3. The van der Waals surface area contributed by atoms with E-state index in [1.807, 2.05) is 0 Å². The number of hydrogen-bond donors (Lipinski definition) is 0. The fraction of sp³-hybridized carbons (Fsp3) is 0.238. The molecule has 0 aliphatic carbocycles. The first-order valence-electron chi connectivity index (χ1n) is 8.52. The van der Waals surface area contributed by atoms with Crippen LogP contribution in [-0.2, 0) is 25.7 Å². The number of carbonyl (C=O) groups excluding carboxylic acids is 2. The molecule has 0 radical (unpaired) electrons. The molecule has 0 aromatic heterocycles. The maximum Gasteiger partial charge on any atom is 0.348 e. The van der Waals surface area contributed by atoms with Crippen molar-refractivity contribution in [1.29, 1.82) is 0 Å². The highest BCUT2D eigenvalue weighted by molar-refractivity contribution is 6.19. The van der Waals surface area contributed by atoms with Gasteiger partial charge in [0.1, 0.15) is 18.0 Å². The molecule has 2 aromatic rings. The quantitative estimate of drug-likeness (QED) is 0.444. The van der Waals surface area contributed by atoms with Gasteiger partial charge in [0.2, 0.25) is 0 Å². The van der Waals surface area contributed by atoms with Gasteiger partial charge in [-0.3, -0.25) is 0 Å². The molecular weight excluding hydrogens is 367 g/mol. The van der Waals surface area contributed by atoms with Crippen molar-refractivity contribution in [3.8, 4) is 11.5 Å². The van der Waals surface area contributed by atoms with Gasteiger partial charge in [-0.25, -0.2) is 14.0 Å². The fourth-order valence-electron chi connectivity index (χ4n) is 2.63. The molecule has 2 aromatic carbocycles. The summed E-state index contributed by atoms with van der Waals surface area (Å²) in [5.74, 6) is -2.49. The monoisotopic (exact) mass is 386 g/mol. The molecule has 1 fully saturated rings. The Morgan fingerprint density at radius 3 is 2.29 bits per heavy atom. The summed E-state index contributed by atoms with van der Waals surface area (Å²) in [5, 5.41) is 0. The van der Waals surface area contributed by atoms with Crippen molar-refractivity contribution in [2.75, 3.05) is 7.11 Å². The Morgan fingerprint density at radius 1 is 1.04 bits per heavy atom. The van der Waals surface area contributed by atoms with Crippen molar-refractivity contribution in [3.63, 3.8) is 0 Å². The maximum absolute atomic E-state index is 13.1. The molecule has 0 atom stereocenters. The summed E-state index contributed by atoms with van der Waals surface area (Å²) < 4.78 is 34.4. The number of carbonyl (C=O) groups is 2. The van der Waals surface area contributed by atoms with Gasteiger partial charge in [-0.05, 0) is 29.8 Å². The average Bonchev–Trinajstić information content (AvgIpc) is 2.63. The SMILES string of the molecule is COc1cccc(C=C2C(=O)OC(C)(C)OC2=O)c1OCc1ccc(F)cc1. The van der Waals surface area contributed by atoms with E-state index in [1.165, 1.54) is 39.2 Å². The molecule has 0 N–H and O–H groups in total. The molecule has 6 nitrogen and oxygen atoms in total. The first-order valence-corrected chi connectivity index (χ1v) is 8.52. The van der Waals surface area contributed by atoms with Crippen LogP contribution < -0.4 is 9.47 Å². The van der Waals surface area contributed by atoms with Gasteiger partial charge in [-0.1, -0.05) is 24.3 Å². The van der Waals surface area contributed by atoms with E-state index < -0.39 is 17.7 Å². The van der Waals surface area contributed by atoms with Crippen LogP contribution in [0.3, 0.4) is 0 Å². The topological polar surface area (TPSA) is 71.1 Å². The summed E-state index contributed by atoms with van der Waals surface area (Å²) in [7, 11) is 1.47. The van der Waals surface area contributed by atoms with Gasteiger partial charge in [0, 0.05) is 19.4 Å². The van der Waals surface area contributed by atoms with E-state index in [-0.39, 0.29) is 18.0 Å². The number of benzene rings is 2. The molecule has 7 heteroatoms. The first-order chi connectivity index (χ1) is 13.3. The van der Waals surface area contributed by atoms with E-state index >= 15 is 0 Å². The van der Waals surface area contributed by atoms with Crippen LogP contribution in [0.25, 0.3) is 6.08 Å². The smallest absolute Gasteiger partial charge is 0.348 e. The minimum atomic E-state index is -1.32. The number of para-hydroxylation sites is 1. The molecule has 1 aliphatic heterocycles. The lowest BCUT2D eigenvalue weighted by molar-refractivity contribution is -0.222. The van der Waals surface area contributed by atoms with Gasteiger partial charge in [0.05, 0.1) is 7.11 Å². The summed E-state index contributed by atoms with van der Waals surface area (Å²) in [6.45, 7) is 3.09. The zero-order valence-electron chi connectivity index (χ0n) is 15.7. The Bertz CT molecular complexity index is 908. The summed E-state index contributed by atoms with van der Waals surface area (Å²) >= 11 is 0. The van der Waals surface area contributed by atoms with Crippen LogP contribution in [0.2, 0.25) is 0 Å². The van der Waals surface area contributed by atoms with Gasteiger partial charge < -0.3 is 18.9 Å². The Morgan fingerprint density at radius 2 is 1.68 bits per heavy atom. The van der Waals surface area contributed by atoms with Gasteiger partial charge in [0.15, 0.2) is 11.5 Å². The Hall–Kier alpha value is -3.35. The van der Waals surface area contributed by atoms with Crippen LogP contribution in [0.4, 0.5) is 4.39 Å². The minimum Gasteiger partial charge on any atom is -0.493 e. The maximum atomic E-state index is 13.1. The van der Waals surface area contributed by atoms with Crippen molar-refractivity contribution in [2.45, 2.75) is 26.2 Å². The summed E-state index contributed by atoms with van der Waals surface area (Å²) in [4.78, 5) is 24.4. The van der Waals surface area contributed by atoms with Gasteiger partial charge in [-0.2, -0.15) is 0 Å². The number of cyclic esters (lactones) is 2. The van der Waals surface area contributed by atoms with Crippen LogP contribution in [0.15, 0.2) is 48.0 Å². The molecule has 1 heterocycles. The third kappa shape index (κ3) is 4.31. The number of ether oxygens (including phenoxy) is 4.